The summed E-state index contributed by atoms with van der Waals surface area (Å²) in [5.41, 5.74) is 1.04. The maximum atomic E-state index is 4.92. The number of hydrogen-bond donors (Lipinski definition) is 0. The first kappa shape index (κ1) is 18.3. The molecular weight excluding hydrogens is 342 g/mol. The molecule has 0 N–H and O–H groups in total. The van der Waals surface area contributed by atoms with Gasteiger partial charge in [-0.1, -0.05) is 67.4 Å². The third kappa shape index (κ3) is 6.41. The van der Waals surface area contributed by atoms with E-state index in [2.05, 4.69) is 67.6 Å². The van der Waals surface area contributed by atoms with Crippen LogP contribution in [0.15, 0.2) is 81.5 Å². The van der Waals surface area contributed by atoms with Gasteiger partial charge in [-0.3, -0.25) is 0 Å². The second-order valence-electron chi connectivity index (χ2n) is 6.33. The summed E-state index contributed by atoms with van der Waals surface area (Å²) in [6.45, 7) is 2.18. The average molecular weight is 368 g/mol. The van der Waals surface area contributed by atoms with Crippen LogP contribution in [0, 0.1) is 0 Å². The van der Waals surface area contributed by atoms with Crippen LogP contribution >= 0.6 is 23.5 Å². The van der Waals surface area contributed by atoms with Gasteiger partial charge in [0, 0.05) is 10.1 Å². The van der Waals surface area contributed by atoms with E-state index in [-0.39, 0.29) is 0 Å². The summed E-state index contributed by atoms with van der Waals surface area (Å²) in [4.78, 5) is 7.48. The molecule has 1 nitrogen and oxygen atoms in total. The SMILES string of the molecule is C/C(=C\C(=Nc1ccccc1)SC1CCCCC1)Sc1ccccc1. The molecule has 1 aliphatic rings. The highest BCUT2D eigenvalue weighted by molar-refractivity contribution is 8.15. The molecule has 2 aromatic rings. The van der Waals surface area contributed by atoms with E-state index in [0.29, 0.717) is 5.25 Å². The molecule has 0 radical (unpaired) electrons. The maximum Gasteiger partial charge on any atom is 0.0977 e. The Bertz CT molecular complexity index is 701. The quantitative estimate of drug-likeness (QED) is 0.308. The van der Waals surface area contributed by atoms with E-state index < -0.39 is 0 Å². The molecule has 0 spiro atoms. The summed E-state index contributed by atoms with van der Waals surface area (Å²) in [5.74, 6) is 0. The standard InChI is InChI=1S/C22H25NS2/c1-18(24-20-13-7-3-8-14-20)17-22(23-19-11-5-2-6-12-19)25-21-15-9-4-10-16-21/h2-3,5-8,11-14,17,21H,4,9-10,15-16H2,1H3/b18-17+,23-22?. The summed E-state index contributed by atoms with van der Waals surface area (Å²) in [5, 5.41) is 1.85. The predicted octanol–water partition coefficient (Wildman–Crippen LogP) is 7.48. The first-order valence-electron chi connectivity index (χ1n) is 9.01. The van der Waals surface area contributed by atoms with Crippen LogP contribution in [0.3, 0.4) is 0 Å². The van der Waals surface area contributed by atoms with Crippen LogP contribution in [0.25, 0.3) is 0 Å². The zero-order chi connectivity index (χ0) is 17.3. The Morgan fingerprint density at radius 3 is 2.24 bits per heavy atom. The van der Waals surface area contributed by atoms with E-state index in [1.54, 1.807) is 0 Å². The second-order valence-corrected chi connectivity index (χ2v) is 8.97. The summed E-state index contributed by atoms with van der Waals surface area (Å²) >= 11 is 3.77. The maximum absolute atomic E-state index is 4.92. The van der Waals surface area contributed by atoms with Crippen LogP contribution in [0.1, 0.15) is 39.0 Å². The lowest BCUT2D eigenvalue weighted by Crippen LogP contribution is -2.10. The molecule has 3 rings (SSSR count). The Morgan fingerprint density at radius 1 is 0.920 bits per heavy atom. The summed E-state index contributed by atoms with van der Waals surface area (Å²) in [7, 11) is 0. The van der Waals surface area contributed by atoms with E-state index in [1.807, 2.05) is 29.6 Å². The first-order chi connectivity index (χ1) is 12.3. The molecule has 0 atom stereocenters. The molecule has 0 saturated heterocycles. The zero-order valence-corrected chi connectivity index (χ0v) is 16.4. The van der Waals surface area contributed by atoms with Crippen molar-refractivity contribution in [2.45, 2.75) is 49.2 Å². The monoisotopic (exact) mass is 367 g/mol. The summed E-state index contributed by atoms with van der Waals surface area (Å²) in [6, 6.07) is 20.9. The highest BCUT2D eigenvalue weighted by atomic mass is 32.2. The number of allylic oxidation sites excluding steroid dienone is 1. The fraction of sp³-hybridized carbons (Fsp3) is 0.318. The Hall–Kier alpha value is -1.45. The van der Waals surface area contributed by atoms with Gasteiger partial charge in [-0.25, -0.2) is 4.99 Å². The van der Waals surface area contributed by atoms with Gasteiger partial charge in [0.2, 0.25) is 0 Å². The van der Waals surface area contributed by atoms with E-state index in [4.69, 9.17) is 4.99 Å². The van der Waals surface area contributed by atoms with E-state index in [9.17, 15) is 0 Å². The molecule has 1 fully saturated rings. The van der Waals surface area contributed by atoms with Gasteiger partial charge < -0.3 is 0 Å². The van der Waals surface area contributed by atoms with Crippen LogP contribution < -0.4 is 0 Å². The topological polar surface area (TPSA) is 12.4 Å². The minimum absolute atomic E-state index is 0.710. The van der Waals surface area contributed by atoms with Crippen molar-refractivity contribution in [3.63, 3.8) is 0 Å². The van der Waals surface area contributed by atoms with Crippen molar-refractivity contribution in [1.29, 1.82) is 0 Å². The third-order valence-electron chi connectivity index (χ3n) is 4.18. The van der Waals surface area contributed by atoms with Crippen LogP contribution in [0.5, 0.6) is 0 Å². The molecule has 1 saturated carbocycles. The Kier molecular flexibility index (Phi) is 7.25. The highest BCUT2D eigenvalue weighted by Crippen LogP contribution is 2.33. The number of thioether (sulfide) groups is 2. The Morgan fingerprint density at radius 2 is 1.56 bits per heavy atom. The van der Waals surface area contributed by atoms with Gasteiger partial charge in [-0.2, -0.15) is 0 Å². The zero-order valence-electron chi connectivity index (χ0n) is 14.7. The molecule has 0 aliphatic heterocycles. The fourth-order valence-corrected chi connectivity index (χ4v) is 5.18. The highest BCUT2D eigenvalue weighted by Gasteiger charge is 2.16. The third-order valence-corrected chi connectivity index (χ3v) is 6.39. The van der Waals surface area contributed by atoms with E-state index in [1.165, 1.54) is 41.9 Å². The smallest absolute Gasteiger partial charge is 0.0977 e. The van der Waals surface area contributed by atoms with Gasteiger partial charge >= 0.3 is 0 Å². The lowest BCUT2D eigenvalue weighted by Gasteiger charge is -2.21. The average Bonchev–Trinajstić information content (AvgIpc) is 2.64. The molecule has 2 aromatic carbocycles. The van der Waals surface area contributed by atoms with Crippen LogP contribution in [-0.4, -0.2) is 10.3 Å². The molecule has 0 bridgehead atoms. The van der Waals surface area contributed by atoms with Crippen molar-refractivity contribution in [1.82, 2.24) is 0 Å². The molecule has 1 aliphatic carbocycles. The summed E-state index contributed by atoms with van der Waals surface area (Å²) < 4.78 is 0. The lowest BCUT2D eigenvalue weighted by molar-refractivity contribution is 0.517. The van der Waals surface area contributed by atoms with Crippen molar-refractivity contribution in [3.05, 3.63) is 71.6 Å². The minimum atomic E-state index is 0.710. The van der Waals surface area contributed by atoms with Gasteiger partial charge in [0.25, 0.3) is 0 Å². The first-order valence-corrected chi connectivity index (χ1v) is 10.7. The van der Waals surface area contributed by atoms with Crippen molar-refractivity contribution < 1.29 is 0 Å². The van der Waals surface area contributed by atoms with Crippen LogP contribution in [0.4, 0.5) is 5.69 Å². The van der Waals surface area contributed by atoms with Gasteiger partial charge in [-0.15, -0.1) is 11.8 Å². The van der Waals surface area contributed by atoms with Crippen molar-refractivity contribution in [3.8, 4) is 0 Å². The molecule has 0 amide bonds. The lowest BCUT2D eigenvalue weighted by atomic mass is 10.0. The van der Waals surface area contributed by atoms with Crippen LogP contribution in [0.2, 0.25) is 0 Å². The minimum Gasteiger partial charge on any atom is -0.242 e. The van der Waals surface area contributed by atoms with Crippen molar-refractivity contribution in [2.75, 3.05) is 0 Å². The second kappa shape index (κ2) is 9.88. The van der Waals surface area contributed by atoms with Gasteiger partial charge in [0.15, 0.2) is 0 Å². The largest absolute Gasteiger partial charge is 0.242 e. The molecule has 0 heterocycles. The molecule has 25 heavy (non-hydrogen) atoms. The van der Waals surface area contributed by atoms with E-state index in [0.717, 1.165) is 10.7 Å². The molecule has 3 heteroatoms. The number of para-hydroxylation sites is 1. The van der Waals surface area contributed by atoms with Crippen molar-refractivity contribution in [2.24, 2.45) is 4.99 Å². The Labute approximate surface area is 160 Å². The molecular formula is C22H25NS2. The predicted molar refractivity (Wildman–Crippen MR) is 114 cm³/mol. The summed E-state index contributed by atoms with van der Waals surface area (Å²) in [6.07, 6.45) is 8.99. The number of benzene rings is 2. The number of nitrogens with zero attached hydrogens (tertiary/aromatic N) is 1. The van der Waals surface area contributed by atoms with Crippen LogP contribution in [-0.2, 0) is 0 Å². The van der Waals surface area contributed by atoms with Gasteiger partial charge in [-0.05, 0) is 55.0 Å². The normalized spacial score (nSPS) is 16.8. The number of aliphatic imine (C=N–C) groups is 1. The van der Waals surface area contributed by atoms with Gasteiger partial charge in [0.1, 0.15) is 0 Å². The molecule has 0 unspecified atom stereocenters. The number of rotatable bonds is 5. The van der Waals surface area contributed by atoms with Gasteiger partial charge in [0.05, 0.1) is 10.7 Å². The van der Waals surface area contributed by atoms with Crippen molar-refractivity contribution >= 4 is 34.3 Å². The van der Waals surface area contributed by atoms with E-state index >= 15 is 0 Å². The molecule has 0 aromatic heterocycles. The molecule has 130 valence electrons. The Balaban J connectivity index is 1.77. The number of hydrogen-bond acceptors (Lipinski definition) is 3. The fourth-order valence-electron chi connectivity index (χ4n) is 2.95.